The van der Waals surface area contributed by atoms with Gasteiger partial charge in [0, 0.05) is 13.1 Å². The van der Waals surface area contributed by atoms with Crippen LogP contribution in [-0.2, 0) is 4.79 Å². The summed E-state index contributed by atoms with van der Waals surface area (Å²) in [5.41, 5.74) is 9.56. The Morgan fingerprint density at radius 2 is 1.88 bits per heavy atom. The molecule has 3 rings (SSSR count). The topological polar surface area (TPSA) is 78.6 Å². The van der Waals surface area contributed by atoms with Gasteiger partial charge in [-0.25, -0.2) is 0 Å². The molecule has 5 nitrogen and oxygen atoms in total. The van der Waals surface area contributed by atoms with E-state index in [1.807, 2.05) is 49.4 Å². The first kappa shape index (κ1) is 16.5. The van der Waals surface area contributed by atoms with Crippen LogP contribution in [0.25, 0.3) is 0 Å². The van der Waals surface area contributed by atoms with Crippen molar-refractivity contribution in [3.05, 3.63) is 59.7 Å². The van der Waals surface area contributed by atoms with E-state index >= 15 is 0 Å². The Balaban J connectivity index is 1.89. The van der Waals surface area contributed by atoms with Gasteiger partial charge in [-0.1, -0.05) is 42.0 Å². The first-order chi connectivity index (χ1) is 11.6. The Labute approximate surface area is 142 Å². The molecule has 1 aliphatic heterocycles. The number of carbonyl (C=O) groups excluding carboxylic acids is 1. The predicted molar refractivity (Wildman–Crippen MR) is 95.8 cm³/mol. The number of carbonyl (C=O) groups is 1. The zero-order chi connectivity index (χ0) is 17.1. The normalized spacial score (nSPS) is 17.8. The summed E-state index contributed by atoms with van der Waals surface area (Å²) in [5, 5.41) is 12.9. The standard InChI is InChI=1S/C19H23N3O2/c1-13-6-8-14(9-7-13)19(22-10-15(24)11-22)18(12-23)21-17-5-3-2-4-16(17)20/h2-9,12,15,18-19,21,24H,10-11,20H2,1H3. The van der Waals surface area contributed by atoms with E-state index in [-0.39, 0.29) is 12.1 Å². The lowest BCUT2D eigenvalue weighted by Gasteiger charge is -2.44. The first-order valence-electron chi connectivity index (χ1n) is 8.13. The van der Waals surface area contributed by atoms with Gasteiger partial charge >= 0.3 is 0 Å². The molecule has 24 heavy (non-hydrogen) atoms. The minimum Gasteiger partial charge on any atom is -0.397 e. The Hall–Kier alpha value is -2.37. The van der Waals surface area contributed by atoms with Crippen molar-refractivity contribution in [3.8, 4) is 0 Å². The number of hydrogen-bond acceptors (Lipinski definition) is 5. The van der Waals surface area contributed by atoms with E-state index in [4.69, 9.17) is 5.73 Å². The Morgan fingerprint density at radius 3 is 2.46 bits per heavy atom. The molecule has 0 aliphatic carbocycles. The van der Waals surface area contributed by atoms with Crippen LogP contribution in [-0.4, -0.2) is 41.5 Å². The number of hydrogen-bond donors (Lipinski definition) is 3. The van der Waals surface area contributed by atoms with Crippen molar-refractivity contribution in [2.24, 2.45) is 0 Å². The molecule has 4 N–H and O–H groups in total. The van der Waals surface area contributed by atoms with Gasteiger partial charge in [-0.2, -0.15) is 0 Å². The molecule has 2 aromatic carbocycles. The van der Waals surface area contributed by atoms with Crippen LogP contribution in [0.3, 0.4) is 0 Å². The molecule has 0 amide bonds. The lowest BCUT2D eigenvalue weighted by molar-refractivity contribution is -0.111. The van der Waals surface area contributed by atoms with Crippen molar-refractivity contribution >= 4 is 17.7 Å². The van der Waals surface area contributed by atoms with Crippen molar-refractivity contribution in [1.29, 1.82) is 0 Å². The van der Waals surface area contributed by atoms with E-state index in [2.05, 4.69) is 10.2 Å². The van der Waals surface area contributed by atoms with Gasteiger partial charge in [0.2, 0.25) is 0 Å². The van der Waals surface area contributed by atoms with Crippen LogP contribution < -0.4 is 11.1 Å². The second-order valence-corrected chi connectivity index (χ2v) is 6.36. The van der Waals surface area contributed by atoms with E-state index in [9.17, 15) is 9.90 Å². The number of nitrogens with two attached hydrogens (primary N) is 1. The third kappa shape index (κ3) is 3.42. The maximum atomic E-state index is 11.8. The summed E-state index contributed by atoms with van der Waals surface area (Å²) in [5.74, 6) is 0. The summed E-state index contributed by atoms with van der Waals surface area (Å²) in [7, 11) is 0. The quantitative estimate of drug-likeness (QED) is 0.559. The fourth-order valence-electron chi connectivity index (χ4n) is 3.12. The number of nitrogens with zero attached hydrogens (tertiary/aromatic N) is 1. The van der Waals surface area contributed by atoms with Crippen molar-refractivity contribution in [2.45, 2.75) is 25.1 Å². The SMILES string of the molecule is Cc1ccc(C(C(C=O)Nc2ccccc2N)N2CC(O)C2)cc1. The van der Waals surface area contributed by atoms with Crippen molar-refractivity contribution in [1.82, 2.24) is 4.90 Å². The van der Waals surface area contributed by atoms with Gasteiger partial charge < -0.3 is 21.0 Å². The largest absolute Gasteiger partial charge is 0.397 e. The van der Waals surface area contributed by atoms with E-state index in [1.54, 1.807) is 6.07 Å². The first-order valence-corrected chi connectivity index (χ1v) is 8.13. The highest BCUT2D eigenvalue weighted by atomic mass is 16.3. The number of anilines is 2. The molecular formula is C19H23N3O2. The number of likely N-dealkylation sites (tertiary alicyclic amines) is 1. The van der Waals surface area contributed by atoms with Gasteiger partial charge in [0.1, 0.15) is 12.3 Å². The molecule has 0 aromatic heterocycles. The Bertz CT molecular complexity index is 696. The number of nitrogen functional groups attached to an aromatic ring is 1. The lowest BCUT2D eigenvalue weighted by atomic mass is 9.93. The van der Waals surface area contributed by atoms with Gasteiger partial charge in [-0.3, -0.25) is 4.90 Å². The summed E-state index contributed by atoms with van der Waals surface area (Å²) < 4.78 is 0. The summed E-state index contributed by atoms with van der Waals surface area (Å²) >= 11 is 0. The maximum Gasteiger partial charge on any atom is 0.144 e. The van der Waals surface area contributed by atoms with Crippen LogP contribution in [0.5, 0.6) is 0 Å². The van der Waals surface area contributed by atoms with Crippen LogP contribution in [0.15, 0.2) is 48.5 Å². The van der Waals surface area contributed by atoms with Gasteiger partial charge in [0.15, 0.2) is 0 Å². The molecular weight excluding hydrogens is 302 g/mol. The second-order valence-electron chi connectivity index (χ2n) is 6.36. The number of para-hydroxylation sites is 2. The Morgan fingerprint density at radius 1 is 1.21 bits per heavy atom. The molecule has 1 fully saturated rings. The van der Waals surface area contributed by atoms with E-state index < -0.39 is 6.04 Å². The minimum absolute atomic E-state index is 0.147. The second kappa shape index (κ2) is 7.03. The molecule has 5 heteroatoms. The Kier molecular flexibility index (Phi) is 4.83. The molecule has 0 spiro atoms. The third-order valence-electron chi connectivity index (χ3n) is 4.47. The zero-order valence-electron chi connectivity index (χ0n) is 13.7. The average Bonchev–Trinajstić information content (AvgIpc) is 2.55. The highest BCUT2D eigenvalue weighted by Crippen LogP contribution is 2.31. The predicted octanol–water partition coefficient (Wildman–Crippen LogP) is 1.97. The van der Waals surface area contributed by atoms with Crippen LogP contribution in [0.1, 0.15) is 17.2 Å². The molecule has 1 aliphatic rings. The van der Waals surface area contributed by atoms with Crippen LogP contribution >= 0.6 is 0 Å². The van der Waals surface area contributed by atoms with E-state index in [0.717, 1.165) is 17.5 Å². The maximum absolute atomic E-state index is 11.8. The van der Waals surface area contributed by atoms with Crippen LogP contribution in [0.4, 0.5) is 11.4 Å². The summed E-state index contributed by atoms with van der Waals surface area (Å²) in [4.78, 5) is 13.9. The zero-order valence-corrected chi connectivity index (χ0v) is 13.7. The number of aliphatic hydroxyl groups is 1. The van der Waals surface area contributed by atoms with Gasteiger partial charge in [0.25, 0.3) is 0 Å². The fraction of sp³-hybridized carbons (Fsp3) is 0.316. The number of aldehydes is 1. The van der Waals surface area contributed by atoms with Gasteiger partial charge in [0.05, 0.1) is 23.5 Å². The van der Waals surface area contributed by atoms with Crippen molar-refractivity contribution in [2.75, 3.05) is 24.1 Å². The van der Waals surface area contributed by atoms with Crippen molar-refractivity contribution in [3.63, 3.8) is 0 Å². The summed E-state index contributed by atoms with van der Waals surface area (Å²) in [6.45, 7) is 3.16. The summed E-state index contributed by atoms with van der Waals surface area (Å²) in [6, 6.07) is 15.0. The molecule has 2 atom stereocenters. The lowest BCUT2D eigenvalue weighted by Crippen LogP contribution is -2.56. The van der Waals surface area contributed by atoms with Crippen LogP contribution in [0.2, 0.25) is 0 Å². The molecule has 0 bridgehead atoms. The number of aryl methyl sites for hydroxylation is 1. The van der Waals surface area contributed by atoms with Gasteiger partial charge in [-0.05, 0) is 24.6 Å². The molecule has 2 unspecified atom stereocenters. The minimum atomic E-state index is -0.454. The highest BCUT2D eigenvalue weighted by Gasteiger charge is 2.36. The van der Waals surface area contributed by atoms with E-state index in [1.165, 1.54) is 5.56 Å². The number of aliphatic hydroxyl groups excluding tert-OH is 1. The monoisotopic (exact) mass is 325 g/mol. The smallest absolute Gasteiger partial charge is 0.144 e. The van der Waals surface area contributed by atoms with Crippen LogP contribution in [0, 0.1) is 6.92 Å². The number of nitrogens with one attached hydrogen (secondary N) is 1. The third-order valence-corrected chi connectivity index (χ3v) is 4.47. The summed E-state index contributed by atoms with van der Waals surface area (Å²) in [6.07, 6.45) is 0.592. The number of β-amino-alcohol motifs (C(OH)–C–C–N with tert-alkyl or cyclic N) is 1. The number of rotatable bonds is 6. The average molecular weight is 325 g/mol. The number of benzene rings is 2. The molecule has 1 saturated heterocycles. The fourth-order valence-corrected chi connectivity index (χ4v) is 3.12. The molecule has 0 saturated carbocycles. The van der Waals surface area contributed by atoms with Crippen molar-refractivity contribution < 1.29 is 9.90 Å². The van der Waals surface area contributed by atoms with E-state index in [0.29, 0.717) is 18.8 Å². The van der Waals surface area contributed by atoms with Gasteiger partial charge in [-0.15, -0.1) is 0 Å². The highest BCUT2D eigenvalue weighted by molar-refractivity contribution is 5.73. The molecule has 126 valence electrons. The molecule has 1 heterocycles. The molecule has 0 radical (unpaired) electrons. The molecule has 2 aromatic rings.